The first-order chi connectivity index (χ1) is 22.7. The van der Waals surface area contributed by atoms with E-state index in [1.807, 2.05) is 24.3 Å². The molecule has 0 N–H and O–H groups in total. The van der Waals surface area contributed by atoms with Crippen molar-refractivity contribution < 1.29 is 45.4 Å². The average molecular weight is 694 g/mol. The molecule has 1 unspecified atom stereocenters. The first-order valence-corrected chi connectivity index (χ1v) is 15.4. The van der Waals surface area contributed by atoms with Gasteiger partial charge in [0.1, 0.15) is 11.5 Å². The second-order valence-corrected chi connectivity index (χ2v) is 11.8. The molecule has 1 atom stereocenters. The number of hydrogen-bond acceptors (Lipinski definition) is 7. The normalized spacial score (nSPS) is 15.4. The highest BCUT2D eigenvalue weighted by Crippen LogP contribution is 2.37. The zero-order chi connectivity index (χ0) is 34.8. The third-order valence-electron chi connectivity index (χ3n) is 7.69. The molecule has 0 aliphatic carbocycles. The van der Waals surface area contributed by atoms with Crippen LogP contribution in [0.2, 0.25) is 0 Å². The number of methoxy groups -OCH3 is 2. The van der Waals surface area contributed by atoms with Crippen LogP contribution >= 0.6 is 11.8 Å². The Morgan fingerprint density at radius 2 is 1.50 bits per heavy atom. The summed E-state index contributed by atoms with van der Waals surface area (Å²) in [5.41, 5.74) is -2.46. The second-order valence-electron chi connectivity index (χ2n) is 10.8. The smallest absolute Gasteiger partial charge is 0.416 e. The molecule has 1 aromatic heterocycles. The fourth-order valence-corrected chi connectivity index (χ4v) is 6.08. The van der Waals surface area contributed by atoms with Crippen LogP contribution in [0.1, 0.15) is 28.4 Å². The fraction of sp³-hybridized carbons (Fsp3) is 0.312. The molecule has 0 saturated carbocycles. The van der Waals surface area contributed by atoms with Crippen LogP contribution in [0.25, 0.3) is 17.1 Å². The van der Waals surface area contributed by atoms with E-state index in [2.05, 4.69) is 10.2 Å². The summed E-state index contributed by atoms with van der Waals surface area (Å²) < 4.78 is 92.6. The first-order valence-electron chi connectivity index (χ1n) is 14.4. The number of carbonyl (C=O) groups is 2. The Hall–Kier alpha value is -4.73. The Morgan fingerprint density at radius 3 is 2.08 bits per heavy atom. The van der Waals surface area contributed by atoms with Crippen LogP contribution in [0.3, 0.4) is 0 Å². The molecule has 0 bridgehead atoms. The number of aromatic nitrogens is 3. The average Bonchev–Trinajstić information content (AvgIpc) is 3.50. The number of nitrogens with zero attached hydrogens (tertiary/aromatic N) is 5. The summed E-state index contributed by atoms with van der Waals surface area (Å²) in [5.74, 6) is 0.401. The number of rotatable bonds is 8. The molecular weight excluding hydrogens is 664 g/mol. The molecule has 254 valence electrons. The van der Waals surface area contributed by atoms with Crippen molar-refractivity contribution in [2.75, 3.05) is 39.6 Å². The number of alkyl halides is 6. The lowest BCUT2D eigenvalue weighted by Gasteiger charge is -2.40. The van der Waals surface area contributed by atoms with Gasteiger partial charge in [0.15, 0.2) is 11.0 Å². The van der Waals surface area contributed by atoms with E-state index in [1.165, 1.54) is 9.80 Å². The number of benzene rings is 3. The monoisotopic (exact) mass is 693 g/mol. The van der Waals surface area contributed by atoms with Crippen LogP contribution in [0.5, 0.6) is 11.5 Å². The van der Waals surface area contributed by atoms with Crippen molar-refractivity contribution in [3.63, 3.8) is 0 Å². The van der Waals surface area contributed by atoms with Gasteiger partial charge in [0.05, 0.1) is 31.1 Å². The Kier molecular flexibility index (Phi) is 9.94. The minimum atomic E-state index is -5.09. The number of thioether (sulfide) groups is 1. The van der Waals surface area contributed by atoms with Gasteiger partial charge < -0.3 is 19.3 Å². The van der Waals surface area contributed by atoms with E-state index in [0.717, 1.165) is 11.8 Å². The Labute approximate surface area is 275 Å². The number of amides is 2. The SMILES string of the molecule is COc1ccc(-n2c(SCC(=O)N3CCN(C(=O)c4cc(C(F)(F)F)cc(C(F)(F)F)c4)C(C)C3)nnc2-c2cccc(OC)c2)cc1. The summed E-state index contributed by atoms with van der Waals surface area (Å²) in [4.78, 5) is 29.2. The molecule has 1 aliphatic rings. The fourth-order valence-electron chi connectivity index (χ4n) is 5.22. The van der Waals surface area contributed by atoms with Gasteiger partial charge in [-0.2, -0.15) is 26.3 Å². The summed E-state index contributed by atoms with van der Waals surface area (Å²) in [7, 11) is 3.10. The molecule has 1 fully saturated rings. The van der Waals surface area contributed by atoms with E-state index in [9.17, 15) is 35.9 Å². The maximum absolute atomic E-state index is 13.4. The molecule has 1 aliphatic heterocycles. The topological polar surface area (TPSA) is 89.8 Å². The second kappa shape index (κ2) is 13.8. The van der Waals surface area contributed by atoms with E-state index >= 15 is 0 Å². The van der Waals surface area contributed by atoms with Crippen molar-refractivity contribution in [1.29, 1.82) is 0 Å². The largest absolute Gasteiger partial charge is 0.497 e. The maximum atomic E-state index is 13.4. The van der Waals surface area contributed by atoms with Crippen molar-refractivity contribution in [2.24, 2.45) is 0 Å². The first kappa shape index (κ1) is 34.6. The van der Waals surface area contributed by atoms with Crippen LogP contribution in [0, 0.1) is 0 Å². The van der Waals surface area contributed by atoms with Gasteiger partial charge >= 0.3 is 12.4 Å². The molecule has 48 heavy (non-hydrogen) atoms. The third kappa shape index (κ3) is 7.53. The summed E-state index contributed by atoms with van der Waals surface area (Å²) >= 11 is 1.13. The number of piperazine rings is 1. The molecular formula is C32H29F6N5O4S. The van der Waals surface area contributed by atoms with Gasteiger partial charge in [0.2, 0.25) is 5.91 Å². The lowest BCUT2D eigenvalue weighted by atomic mass is 10.0. The Morgan fingerprint density at radius 1 is 0.854 bits per heavy atom. The number of halogens is 6. The minimum absolute atomic E-state index is 0.0242. The molecule has 3 aromatic carbocycles. The zero-order valence-corrected chi connectivity index (χ0v) is 26.6. The predicted molar refractivity (Wildman–Crippen MR) is 164 cm³/mol. The zero-order valence-electron chi connectivity index (χ0n) is 25.8. The summed E-state index contributed by atoms with van der Waals surface area (Å²) in [6.45, 7) is 1.54. The molecule has 4 aromatic rings. The maximum Gasteiger partial charge on any atom is 0.416 e. The summed E-state index contributed by atoms with van der Waals surface area (Å²) in [6, 6.07) is 14.5. The van der Waals surface area contributed by atoms with Gasteiger partial charge in [-0.3, -0.25) is 14.2 Å². The molecule has 16 heteroatoms. The lowest BCUT2D eigenvalue weighted by molar-refractivity contribution is -0.143. The Balaban J connectivity index is 1.31. The molecule has 1 saturated heterocycles. The quantitative estimate of drug-likeness (QED) is 0.155. The standard InChI is InChI=1S/C32H29F6N5O4S/c1-19-17-41(11-12-42(19)29(45)21-13-22(31(33,34)35)16-23(14-21)32(36,37)38)27(44)18-48-30-40-39-28(20-5-4-6-26(15-20)47-3)43(30)24-7-9-25(46-2)10-8-24/h4-10,13-16,19H,11-12,17-18H2,1-3H3. The van der Waals surface area contributed by atoms with Crippen molar-refractivity contribution in [1.82, 2.24) is 24.6 Å². The number of hydrogen-bond donors (Lipinski definition) is 0. The van der Waals surface area contributed by atoms with Gasteiger partial charge in [0.25, 0.3) is 5.91 Å². The molecule has 5 rings (SSSR count). The van der Waals surface area contributed by atoms with E-state index in [4.69, 9.17) is 9.47 Å². The molecule has 0 radical (unpaired) electrons. The molecule has 0 spiro atoms. The minimum Gasteiger partial charge on any atom is -0.497 e. The van der Waals surface area contributed by atoms with Crippen LogP contribution in [-0.2, 0) is 17.1 Å². The van der Waals surface area contributed by atoms with Crippen LogP contribution in [0.4, 0.5) is 26.3 Å². The highest BCUT2D eigenvalue weighted by atomic mass is 32.2. The molecule has 2 amide bonds. The van der Waals surface area contributed by atoms with Crippen molar-refractivity contribution in [2.45, 2.75) is 30.5 Å². The summed E-state index contributed by atoms with van der Waals surface area (Å²) in [5, 5.41) is 9.13. The van der Waals surface area contributed by atoms with Crippen molar-refractivity contribution in [3.8, 4) is 28.6 Å². The van der Waals surface area contributed by atoms with Crippen molar-refractivity contribution in [3.05, 3.63) is 83.4 Å². The van der Waals surface area contributed by atoms with Crippen LogP contribution in [-0.4, -0.2) is 82.0 Å². The van der Waals surface area contributed by atoms with E-state index in [0.29, 0.717) is 45.9 Å². The van der Waals surface area contributed by atoms with E-state index in [1.54, 1.807) is 50.0 Å². The number of carbonyl (C=O) groups excluding carboxylic acids is 2. The van der Waals surface area contributed by atoms with Gasteiger partial charge in [-0.25, -0.2) is 0 Å². The molecule has 2 heterocycles. The molecule has 9 nitrogen and oxygen atoms in total. The van der Waals surface area contributed by atoms with Gasteiger partial charge in [-0.15, -0.1) is 10.2 Å². The van der Waals surface area contributed by atoms with Gasteiger partial charge in [0, 0.05) is 42.5 Å². The van der Waals surface area contributed by atoms with Gasteiger partial charge in [-0.1, -0.05) is 23.9 Å². The van der Waals surface area contributed by atoms with E-state index in [-0.39, 0.29) is 37.4 Å². The number of ether oxygens (including phenoxy) is 2. The van der Waals surface area contributed by atoms with E-state index < -0.39 is 41.0 Å². The highest BCUT2D eigenvalue weighted by molar-refractivity contribution is 7.99. The summed E-state index contributed by atoms with van der Waals surface area (Å²) in [6.07, 6.45) is -10.2. The third-order valence-corrected chi connectivity index (χ3v) is 8.61. The Bertz CT molecular complexity index is 1760. The van der Waals surface area contributed by atoms with Crippen molar-refractivity contribution >= 4 is 23.6 Å². The predicted octanol–water partition coefficient (Wildman–Crippen LogP) is 6.45. The lowest BCUT2D eigenvalue weighted by Crippen LogP contribution is -2.55. The van der Waals surface area contributed by atoms with Crippen LogP contribution < -0.4 is 9.47 Å². The highest BCUT2D eigenvalue weighted by Gasteiger charge is 2.39. The van der Waals surface area contributed by atoms with Gasteiger partial charge in [-0.05, 0) is 61.5 Å². The van der Waals surface area contributed by atoms with Crippen LogP contribution in [0.15, 0.2) is 71.9 Å².